The summed E-state index contributed by atoms with van der Waals surface area (Å²) in [6.45, 7) is 12.3. The highest BCUT2D eigenvalue weighted by molar-refractivity contribution is 5.90. The molecule has 0 amide bonds. The Bertz CT molecular complexity index is 177. The zero-order valence-corrected chi connectivity index (χ0v) is 10.4. The summed E-state index contributed by atoms with van der Waals surface area (Å²) in [5.74, 6) is 0. The van der Waals surface area contributed by atoms with Crippen LogP contribution in [-0.4, -0.2) is 24.5 Å². The molecule has 0 aromatic rings. The van der Waals surface area contributed by atoms with Crippen molar-refractivity contribution >= 4 is 5.71 Å². The van der Waals surface area contributed by atoms with E-state index in [0.29, 0.717) is 0 Å². The third-order valence-corrected chi connectivity index (χ3v) is 2.51. The van der Waals surface area contributed by atoms with E-state index >= 15 is 0 Å². The molecule has 0 N–H and O–H groups in total. The van der Waals surface area contributed by atoms with Crippen molar-refractivity contribution in [1.29, 1.82) is 0 Å². The quantitative estimate of drug-likeness (QED) is 0.575. The molecule has 0 saturated carbocycles. The normalized spacial score (nSPS) is 16.8. The van der Waals surface area contributed by atoms with Crippen molar-refractivity contribution < 1.29 is 4.74 Å². The first-order valence-corrected chi connectivity index (χ1v) is 5.76. The molecule has 2 nitrogen and oxygen atoms in total. The SMILES string of the molecule is CCCOC(C)(CCC)C(C)=NCC. The van der Waals surface area contributed by atoms with Crippen molar-refractivity contribution in [2.45, 2.75) is 59.5 Å². The molecule has 0 aliphatic rings. The number of hydrogen-bond acceptors (Lipinski definition) is 2. The summed E-state index contributed by atoms with van der Waals surface area (Å²) < 4.78 is 5.90. The molecular formula is C12H25NO. The fourth-order valence-electron chi connectivity index (χ4n) is 1.57. The number of hydrogen-bond donors (Lipinski definition) is 0. The van der Waals surface area contributed by atoms with Gasteiger partial charge in [-0.25, -0.2) is 0 Å². The Labute approximate surface area is 88.8 Å². The first kappa shape index (κ1) is 13.6. The lowest BCUT2D eigenvalue weighted by molar-refractivity contribution is 0.0142. The number of nitrogens with zero attached hydrogens (tertiary/aromatic N) is 1. The van der Waals surface area contributed by atoms with Crippen molar-refractivity contribution in [1.82, 2.24) is 0 Å². The van der Waals surface area contributed by atoms with Gasteiger partial charge in [-0.15, -0.1) is 0 Å². The van der Waals surface area contributed by atoms with Gasteiger partial charge in [0.25, 0.3) is 0 Å². The van der Waals surface area contributed by atoms with Gasteiger partial charge in [-0.05, 0) is 33.6 Å². The van der Waals surface area contributed by atoms with Crippen molar-refractivity contribution in [3.8, 4) is 0 Å². The molecule has 0 rings (SSSR count). The van der Waals surface area contributed by atoms with Crippen LogP contribution >= 0.6 is 0 Å². The topological polar surface area (TPSA) is 21.6 Å². The van der Waals surface area contributed by atoms with Crippen LogP contribution in [0, 0.1) is 0 Å². The maximum atomic E-state index is 5.90. The van der Waals surface area contributed by atoms with Crippen LogP contribution < -0.4 is 0 Å². The average Bonchev–Trinajstić information content (AvgIpc) is 2.15. The first-order chi connectivity index (χ1) is 6.60. The molecule has 0 spiro atoms. The van der Waals surface area contributed by atoms with Gasteiger partial charge in [0.15, 0.2) is 0 Å². The molecule has 0 fully saturated rings. The molecule has 0 heterocycles. The molecule has 2 heteroatoms. The summed E-state index contributed by atoms with van der Waals surface area (Å²) >= 11 is 0. The van der Waals surface area contributed by atoms with Gasteiger partial charge in [-0.2, -0.15) is 0 Å². The maximum Gasteiger partial charge on any atom is 0.103 e. The van der Waals surface area contributed by atoms with Crippen LogP contribution in [0.2, 0.25) is 0 Å². The molecule has 0 aromatic carbocycles. The lowest BCUT2D eigenvalue weighted by Crippen LogP contribution is -2.37. The van der Waals surface area contributed by atoms with Gasteiger partial charge in [0.1, 0.15) is 5.60 Å². The monoisotopic (exact) mass is 199 g/mol. The second-order valence-electron chi connectivity index (χ2n) is 3.89. The second-order valence-corrected chi connectivity index (χ2v) is 3.89. The van der Waals surface area contributed by atoms with Crippen LogP contribution in [0.3, 0.4) is 0 Å². The molecule has 0 aliphatic heterocycles. The average molecular weight is 199 g/mol. The Balaban J connectivity index is 4.43. The Morgan fingerprint density at radius 3 is 2.29 bits per heavy atom. The molecule has 0 aromatic heterocycles. The van der Waals surface area contributed by atoms with Crippen LogP contribution in [0.4, 0.5) is 0 Å². The van der Waals surface area contributed by atoms with Crippen LogP contribution in [0.15, 0.2) is 4.99 Å². The van der Waals surface area contributed by atoms with Crippen molar-refractivity contribution in [3.63, 3.8) is 0 Å². The summed E-state index contributed by atoms with van der Waals surface area (Å²) in [6, 6.07) is 0. The zero-order valence-electron chi connectivity index (χ0n) is 10.4. The molecule has 0 bridgehead atoms. The van der Waals surface area contributed by atoms with Crippen molar-refractivity contribution in [3.05, 3.63) is 0 Å². The van der Waals surface area contributed by atoms with Gasteiger partial charge in [-0.1, -0.05) is 20.3 Å². The van der Waals surface area contributed by atoms with E-state index < -0.39 is 0 Å². The van der Waals surface area contributed by atoms with E-state index in [2.05, 4.69) is 39.6 Å². The predicted molar refractivity (Wildman–Crippen MR) is 63.2 cm³/mol. The summed E-state index contributed by atoms with van der Waals surface area (Å²) in [6.07, 6.45) is 3.26. The third-order valence-electron chi connectivity index (χ3n) is 2.51. The Hall–Kier alpha value is -0.370. The minimum absolute atomic E-state index is 0.138. The Kier molecular flexibility index (Phi) is 6.81. The van der Waals surface area contributed by atoms with Crippen LogP contribution in [0.5, 0.6) is 0 Å². The highest BCUT2D eigenvalue weighted by atomic mass is 16.5. The second kappa shape index (κ2) is 6.99. The van der Waals surface area contributed by atoms with Gasteiger partial charge >= 0.3 is 0 Å². The smallest absolute Gasteiger partial charge is 0.103 e. The van der Waals surface area contributed by atoms with Crippen LogP contribution in [0.25, 0.3) is 0 Å². The van der Waals surface area contributed by atoms with E-state index in [1.165, 1.54) is 0 Å². The largest absolute Gasteiger partial charge is 0.369 e. The van der Waals surface area contributed by atoms with Gasteiger partial charge in [0.2, 0.25) is 0 Å². The van der Waals surface area contributed by atoms with E-state index in [1.807, 2.05) is 0 Å². The Morgan fingerprint density at radius 2 is 1.86 bits per heavy atom. The minimum atomic E-state index is -0.138. The first-order valence-electron chi connectivity index (χ1n) is 5.76. The van der Waals surface area contributed by atoms with Gasteiger partial charge in [0.05, 0.1) is 0 Å². The summed E-state index contributed by atoms with van der Waals surface area (Å²) in [4.78, 5) is 4.46. The molecule has 14 heavy (non-hydrogen) atoms. The minimum Gasteiger partial charge on any atom is -0.369 e. The summed E-state index contributed by atoms with van der Waals surface area (Å²) in [7, 11) is 0. The van der Waals surface area contributed by atoms with Crippen molar-refractivity contribution in [2.75, 3.05) is 13.2 Å². The number of ether oxygens (including phenoxy) is 1. The molecule has 1 unspecified atom stereocenters. The Morgan fingerprint density at radius 1 is 1.21 bits per heavy atom. The van der Waals surface area contributed by atoms with E-state index in [9.17, 15) is 0 Å². The fourth-order valence-corrected chi connectivity index (χ4v) is 1.57. The van der Waals surface area contributed by atoms with E-state index in [-0.39, 0.29) is 5.60 Å². The lowest BCUT2D eigenvalue weighted by atomic mass is 9.95. The van der Waals surface area contributed by atoms with E-state index in [4.69, 9.17) is 4.74 Å². The molecule has 84 valence electrons. The molecule has 1 atom stereocenters. The predicted octanol–water partition coefficient (Wildman–Crippen LogP) is 3.45. The third kappa shape index (κ3) is 4.23. The lowest BCUT2D eigenvalue weighted by Gasteiger charge is -2.29. The van der Waals surface area contributed by atoms with Gasteiger partial charge < -0.3 is 4.74 Å². The molecular weight excluding hydrogens is 174 g/mol. The van der Waals surface area contributed by atoms with E-state index in [1.54, 1.807) is 0 Å². The number of aliphatic imine (C=N–C) groups is 1. The highest BCUT2D eigenvalue weighted by Crippen LogP contribution is 2.20. The maximum absolute atomic E-state index is 5.90. The van der Waals surface area contributed by atoms with Gasteiger partial charge in [0, 0.05) is 18.9 Å². The fraction of sp³-hybridized carbons (Fsp3) is 0.917. The highest BCUT2D eigenvalue weighted by Gasteiger charge is 2.26. The van der Waals surface area contributed by atoms with E-state index in [0.717, 1.165) is 38.1 Å². The summed E-state index contributed by atoms with van der Waals surface area (Å²) in [5, 5.41) is 0. The standard InChI is InChI=1S/C12H25NO/c1-6-9-12(5,14-10-7-2)11(4)13-8-3/h6-10H2,1-5H3. The molecule has 0 saturated heterocycles. The van der Waals surface area contributed by atoms with Gasteiger partial charge in [-0.3, -0.25) is 4.99 Å². The summed E-state index contributed by atoms with van der Waals surface area (Å²) in [5.41, 5.74) is 0.996. The molecule has 0 aliphatic carbocycles. The van der Waals surface area contributed by atoms with Crippen LogP contribution in [0.1, 0.15) is 53.9 Å². The number of rotatable bonds is 7. The molecule has 0 radical (unpaired) electrons. The van der Waals surface area contributed by atoms with Crippen molar-refractivity contribution in [2.24, 2.45) is 4.99 Å². The zero-order chi connectivity index (χ0) is 11.0. The van der Waals surface area contributed by atoms with Crippen LogP contribution in [-0.2, 0) is 4.74 Å².